The molecule has 1 heteroatoms. The van der Waals surface area contributed by atoms with E-state index in [9.17, 15) is 5.11 Å². The van der Waals surface area contributed by atoms with E-state index in [0.717, 1.165) is 25.0 Å². The van der Waals surface area contributed by atoms with Crippen LogP contribution in [0.4, 0.5) is 0 Å². The standard InChI is InChI=1S/C28H52O.C2H6/c1-3-20-26(21-4-2)22-17-15-13-11-9-7-5-6-8-10-12-14-16-18-25-28(29)27-23-19-24-27;1-2/h20,29H,3-19,21-25H2,1-2H3;1-2H3/b26-20-;. The molecule has 1 aliphatic rings. The second-order valence-corrected chi connectivity index (χ2v) is 9.37. The van der Waals surface area contributed by atoms with Crippen molar-refractivity contribution in [2.75, 3.05) is 0 Å². The summed E-state index contributed by atoms with van der Waals surface area (Å²) < 4.78 is 0. The van der Waals surface area contributed by atoms with Crippen LogP contribution in [-0.2, 0) is 0 Å². The van der Waals surface area contributed by atoms with E-state index in [0.29, 0.717) is 0 Å². The lowest BCUT2D eigenvalue weighted by atomic mass is 9.90. The minimum absolute atomic E-state index is 0.728. The lowest BCUT2D eigenvalue weighted by molar-refractivity contribution is 0.357. The Hall–Kier alpha value is -0.720. The van der Waals surface area contributed by atoms with E-state index in [4.69, 9.17) is 0 Å². The van der Waals surface area contributed by atoms with Crippen molar-refractivity contribution in [3.05, 3.63) is 23.0 Å². The first-order valence-electron chi connectivity index (χ1n) is 14.4. The average Bonchev–Trinajstić information content (AvgIpc) is 2.74. The number of hydrogen-bond acceptors (Lipinski definition) is 1. The molecule has 0 radical (unpaired) electrons. The van der Waals surface area contributed by atoms with Crippen LogP contribution in [0.1, 0.15) is 169 Å². The fourth-order valence-electron chi connectivity index (χ4n) is 4.52. The molecule has 1 rings (SSSR count). The van der Waals surface area contributed by atoms with Crippen molar-refractivity contribution in [2.24, 2.45) is 0 Å². The van der Waals surface area contributed by atoms with Gasteiger partial charge in [-0.25, -0.2) is 0 Å². The van der Waals surface area contributed by atoms with Crippen molar-refractivity contribution in [2.45, 2.75) is 169 Å². The van der Waals surface area contributed by atoms with Crippen LogP contribution in [0.3, 0.4) is 0 Å². The van der Waals surface area contributed by atoms with Gasteiger partial charge in [0.05, 0.1) is 5.76 Å². The quantitative estimate of drug-likeness (QED) is 0.115. The van der Waals surface area contributed by atoms with Crippen molar-refractivity contribution < 1.29 is 5.11 Å². The Bertz CT molecular complexity index is 426. The predicted molar refractivity (Wildman–Crippen MR) is 142 cm³/mol. The highest BCUT2D eigenvalue weighted by atomic mass is 16.3. The summed E-state index contributed by atoms with van der Waals surface area (Å²) in [4.78, 5) is 0. The Kier molecular flexibility index (Phi) is 23.4. The number of aliphatic hydroxyl groups excluding tert-OH is 1. The Balaban J connectivity index is 0.00000436. The summed E-state index contributed by atoms with van der Waals surface area (Å²) in [5.74, 6) is 0.728. The van der Waals surface area contributed by atoms with Gasteiger partial charge < -0.3 is 5.11 Å². The van der Waals surface area contributed by atoms with E-state index in [1.807, 2.05) is 13.8 Å². The number of aliphatic hydroxyl groups is 1. The van der Waals surface area contributed by atoms with E-state index >= 15 is 0 Å². The lowest BCUT2D eigenvalue weighted by Gasteiger charge is -2.18. The zero-order chi connectivity index (χ0) is 23.0. The molecule has 0 aromatic rings. The first-order valence-corrected chi connectivity index (χ1v) is 14.4. The van der Waals surface area contributed by atoms with Crippen LogP contribution in [-0.4, -0.2) is 5.11 Å². The summed E-state index contributed by atoms with van der Waals surface area (Å²) in [5.41, 5.74) is 3.05. The maximum atomic E-state index is 9.91. The van der Waals surface area contributed by atoms with Crippen molar-refractivity contribution >= 4 is 0 Å². The van der Waals surface area contributed by atoms with Gasteiger partial charge in [-0.05, 0) is 56.9 Å². The molecular formula is C30H58O. The maximum Gasteiger partial charge on any atom is 0.0914 e. The average molecular weight is 435 g/mol. The van der Waals surface area contributed by atoms with Crippen LogP contribution < -0.4 is 0 Å². The molecule has 31 heavy (non-hydrogen) atoms. The van der Waals surface area contributed by atoms with Gasteiger partial charge in [-0.3, -0.25) is 0 Å². The highest BCUT2D eigenvalue weighted by Crippen LogP contribution is 2.29. The molecule has 0 saturated heterocycles. The number of unbranched alkanes of at least 4 members (excludes halogenated alkanes) is 13. The van der Waals surface area contributed by atoms with Gasteiger partial charge in [-0.2, -0.15) is 0 Å². The number of hydrogen-bond donors (Lipinski definition) is 1. The van der Waals surface area contributed by atoms with E-state index in [1.54, 1.807) is 5.57 Å². The Morgan fingerprint density at radius 1 is 0.645 bits per heavy atom. The molecule has 0 spiro atoms. The van der Waals surface area contributed by atoms with Gasteiger partial charge in [0, 0.05) is 6.42 Å². The van der Waals surface area contributed by atoms with Gasteiger partial charge in [0.1, 0.15) is 0 Å². The summed E-state index contributed by atoms with van der Waals surface area (Å²) in [5, 5.41) is 9.91. The molecule has 0 amide bonds. The minimum Gasteiger partial charge on any atom is -0.512 e. The van der Waals surface area contributed by atoms with Crippen LogP contribution in [0, 0.1) is 0 Å². The number of allylic oxidation sites excluding steroid dienone is 4. The largest absolute Gasteiger partial charge is 0.512 e. The zero-order valence-electron chi connectivity index (χ0n) is 22.1. The fourth-order valence-corrected chi connectivity index (χ4v) is 4.52. The molecule has 0 atom stereocenters. The minimum atomic E-state index is 0.728. The molecule has 0 unspecified atom stereocenters. The fraction of sp³-hybridized carbons (Fsp3) is 0.867. The molecule has 1 fully saturated rings. The van der Waals surface area contributed by atoms with Gasteiger partial charge in [-0.15, -0.1) is 0 Å². The molecule has 184 valence electrons. The molecule has 1 nitrogen and oxygen atoms in total. The van der Waals surface area contributed by atoms with Crippen LogP contribution in [0.15, 0.2) is 23.0 Å². The summed E-state index contributed by atoms with van der Waals surface area (Å²) >= 11 is 0. The topological polar surface area (TPSA) is 20.2 Å². The van der Waals surface area contributed by atoms with Gasteiger partial charge in [-0.1, -0.05) is 123 Å². The number of rotatable bonds is 20. The second-order valence-electron chi connectivity index (χ2n) is 9.37. The van der Waals surface area contributed by atoms with Crippen molar-refractivity contribution in [3.8, 4) is 0 Å². The summed E-state index contributed by atoms with van der Waals surface area (Å²) in [7, 11) is 0. The molecule has 0 aromatic carbocycles. The van der Waals surface area contributed by atoms with E-state index < -0.39 is 0 Å². The molecule has 1 saturated carbocycles. The van der Waals surface area contributed by atoms with Crippen molar-refractivity contribution in [1.29, 1.82) is 0 Å². The van der Waals surface area contributed by atoms with Gasteiger partial charge in [0.15, 0.2) is 0 Å². The SMILES string of the molecule is CC.CC/C=C(/CCC)CCCCCCCCCCCCCCCCC(O)=C1CCC1. The predicted octanol–water partition coefficient (Wildman–Crippen LogP) is 11.4. The Labute approximate surface area is 197 Å². The van der Waals surface area contributed by atoms with Crippen LogP contribution in [0.25, 0.3) is 0 Å². The van der Waals surface area contributed by atoms with E-state index in [-0.39, 0.29) is 0 Å². The van der Waals surface area contributed by atoms with E-state index in [2.05, 4.69) is 19.9 Å². The molecule has 0 heterocycles. The summed E-state index contributed by atoms with van der Waals surface area (Å²) in [6.45, 7) is 8.56. The third-order valence-electron chi connectivity index (χ3n) is 6.59. The molecular weight excluding hydrogens is 376 g/mol. The summed E-state index contributed by atoms with van der Waals surface area (Å²) in [6.07, 6.45) is 31.8. The molecule has 1 aliphatic carbocycles. The van der Waals surface area contributed by atoms with Gasteiger partial charge >= 0.3 is 0 Å². The van der Waals surface area contributed by atoms with Crippen molar-refractivity contribution in [3.63, 3.8) is 0 Å². The van der Waals surface area contributed by atoms with Crippen molar-refractivity contribution in [1.82, 2.24) is 0 Å². The molecule has 0 aliphatic heterocycles. The maximum absolute atomic E-state index is 9.91. The third-order valence-corrected chi connectivity index (χ3v) is 6.59. The smallest absolute Gasteiger partial charge is 0.0914 e. The van der Waals surface area contributed by atoms with Crippen LogP contribution in [0.2, 0.25) is 0 Å². The first-order chi connectivity index (χ1) is 15.3. The van der Waals surface area contributed by atoms with Gasteiger partial charge in [0.25, 0.3) is 0 Å². The summed E-state index contributed by atoms with van der Waals surface area (Å²) in [6, 6.07) is 0. The highest BCUT2D eigenvalue weighted by Gasteiger charge is 2.13. The monoisotopic (exact) mass is 434 g/mol. The Morgan fingerprint density at radius 2 is 1.06 bits per heavy atom. The Morgan fingerprint density at radius 3 is 1.42 bits per heavy atom. The third kappa shape index (κ3) is 18.5. The first kappa shape index (κ1) is 30.3. The van der Waals surface area contributed by atoms with Crippen LogP contribution >= 0.6 is 0 Å². The molecule has 0 aromatic heterocycles. The highest BCUT2D eigenvalue weighted by molar-refractivity contribution is 5.13. The normalized spacial score (nSPS) is 13.5. The second kappa shape index (κ2) is 23.9. The lowest BCUT2D eigenvalue weighted by Crippen LogP contribution is -2.01. The molecule has 1 N–H and O–H groups in total. The van der Waals surface area contributed by atoms with E-state index in [1.165, 1.54) is 128 Å². The zero-order valence-corrected chi connectivity index (χ0v) is 22.1. The van der Waals surface area contributed by atoms with Gasteiger partial charge in [0.2, 0.25) is 0 Å². The van der Waals surface area contributed by atoms with Crippen LogP contribution in [0.5, 0.6) is 0 Å². The molecule has 0 bridgehead atoms.